The third-order valence-corrected chi connectivity index (χ3v) is 3.67. The second-order valence-electron chi connectivity index (χ2n) is 5.38. The SMILES string of the molecule is Cc1cccc(CN(C)C(=O)CNC2CCCC2)n1. The molecule has 1 aromatic rings. The lowest BCUT2D eigenvalue weighted by Crippen LogP contribution is -2.39. The van der Waals surface area contributed by atoms with E-state index in [0.29, 0.717) is 19.1 Å². The third kappa shape index (κ3) is 4.31. The van der Waals surface area contributed by atoms with Crippen LogP contribution >= 0.6 is 0 Å². The first-order chi connectivity index (χ1) is 9.15. The van der Waals surface area contributed by atoms with Gasteiger partial charge in [-0.1, -0.05) is 18.9 Å². The first kappa shape index (κ1) is 14.0. The van der Waals surface area contributed by atoms with E-state index in [-0.39, 0.29) is 5.91 Å². The van der Waals surface area contributed by atoms with E-state index >= 15 is 0 Å². The van der Waals surface area contributed by atoms with Crippen molar-refractivity contribution in [3.8, 4) is 0 Å². The normalized spacial score (nSPS) is 15.7. The summed E-state index contributed by atoms with van der Waals surface area (Å²) in [4.78, 5) is 18.2. The fraction of sp³-hybridized carbons (Fsp3) is 0.600. The van der Waals surface area contributed by atoms with Crippen LogP contribution in [0.25, 0.3) is 0 Å². The van der Waals surface area contributed by atoms with Crippen LogP contribution in [-0.4, -0.2) is 35.4 Å². The molecule has 1 N–H and O–H groups in total. The third-order valence-electron chi connectivity index (χ3n) is 3.67. The van der Waals surface area contributed by atoms with E-state index in [1.54, 1.807) is 4.90 Å². The van der Waals surface area contributed by atoms with Crippen LogP contribution in [0.4, 0.5) is 0 Å². The highest BCUT2D eigenvalue weighted by molar-refractivity contribution is 5.77. The van der Waals surface area contributed by atoms with Crippen LogP contribution in [0.2, 0.25) is 0 Å². The summed E-state index contributed by atoms with van der Waals surface area (Å²) in [5.41, 5.74) is 1.93. The van der Waals surface area contributed by atoms with Gasteiger partial charge >= 0.3 is 0 Å². The van der Waals surface area contributed by atoms with Crippen LogP contribution in [0.3, 0.4) is 0 Å². The van der Waals surface area contributed by atoms with E-state index in [1.807, 2.05) is 32.2 Å². The number of carbonyl (C=O) groups excluding carboxylic acids is 1. The molecule has 4 nitrogen and oxygen atoms in total. The summed E-state index contributed by atoms with van der Waals surface area (Å²) in [5, 5.41) is 3.35. The molecule has 4 heteroatoms. The van der Waals surface area contributed by atoms with Crippen molar-refractivity contribution in [2.24, 2.45) is 0 Å². The zero-order valence-electron chi connectivity index (χ0n) is 11.9. The molecule has 104 valence electrons. The topological polar surface area (TPSA) is 45.2 Å². The molecule has 0 spiro atoms. The Kier molecular flexibility index (Phi) is 4.91. The molecule has 1 fully saturated rings. The fourth-order valence-electron chi connectivity index (χ4n) is 2.52. The molecule has 19 heavy (non-hydrogen) atoms. The Morgan fingerprint density at radius 3 is 2.84 bits per heavy atom. The Balaban J connectivity index is 1.78. The fourth-order valence-corrected chi connectivity index (χ4v) is 2.52. The highest BCUT2D eigenvalue weighted by atomic mass is 16.2. The standard InChI is InChI=1S/C15H23N3O/c1-12-6-5-9-14(17-12)11-18(2)15(19)10-16-13-7-3-4-8-13/h5-6,9,13,16H,3-4,7-8,10-11H2,1-2H3. The highest BCUT2D eigenvalue weighted by Crippen LogP contribution is 2.17. The van der Waals surface area contributed by atoms with E-state index in [1.165, 1.54) is 25.7 Å². The maximum atomic E-state index is 12.0. The number of nitrogens with zero attached hydrogens (tertiary/aromatic N) is 2. The van der Waals surface area contributed by atoms with Crippen LogP contribution in [0.15, 0.2) is 18.2 Å². The first-order valence-corrected chi connectivity index (χ1v) is 7.05. The van der Waals surface area contributed by atoms with Gasteiger partial charge in [-0.3, -0.25) is 9.78 Å². The van der Waals surface area contributed by atoms with Crippen molar-refractivity contribution in [2.75, 3.05) is 13.6 Å². The molecule has 2 rings (SSSR count). The minimum Gasteiger partial charge on any atom is -0.339 e. The summed E-state index contributed by atoms with van der Waals surface area (Å²) in [6.07, 6.45) is 4.98. The number of likely N-dealkylation sites (N-methyl/N-ethyl adjacent to an activating group) is 1. The van der Waals surface area contributed by atoms with Gasteiger partial charge in [-0.2, -0.15) is 0 Å². The lowest BCUT2D eigenvalue weighted by molar-refractivity contribution is -0.129. The molecule has 1 aliphatic rings. The van der Waals surface area contributed by atoms with Gasteiger partial charge in [-0.15, -0.1) is 0 Å². The molecular formula is C15H23N3O. The smallest absolute Gasteiger partial charge is 0.236 e. The zero-order chi connectivity index (χ0) is 13.7. The molecule has 0 aromatic carbocycles. The number of nitrogens with one attached hydrogen (secondary N) is 1. The monoisotopic (exact) mass is 261 g/mol. The summed E-state index contributed by atoms with van der Waals surface area (Å²) >= 11 is 0. The highest BCUT2D eigenvalue weighted by Gasteiger charge is 2.16. The lowest BCUT2D eigenvalue weighted by atomic mass is 10.2. The molecular weight excluding hydrogens is 238 g/mol. The van der Waals surface area contributed by atoms with Crippen molar-refractivity contribution >= 4 is 5.91 Å². The Bertz CT molecular complexity index is 427. The number of aromatic nitrogens is 1. The van der Waals surface area contributed by atoms with Crippen molar-refractivity contribution < 1.29 is 4.79 Å². The first-order valence-electron chi connectivity index (χ1n) is 7.05. The maximum absolute atomic E-state index is 12.0. The second-order valence-corrected chi connectivity index (χ2v) is 5.38. The van der Waals surface area contributed by atoms with Gasteiger partial charge in [-0.05, 0) is 31.9 Å². The van der Waals surface area contributed by atoms with Crippen molar-refractivity contribution in [3.05, 3.63) is 29.6 Å². The average Bonchev–Trinajstić information content (AvgIpc) is 2.89. The summed E-state index contributed by atoms with van der Waals surface area (Å²) in [5.74, 6) is 0.134. The van der Waals surface area contributed by atoms with Gasteiger partial charge in [0.1, 0.15) is 0 Å². The number of rotatable bonds is 5. The minimum absolute atomic E-state index is 0.134. The van der Waals surface area contributed by atoms with Crippen LogP contribution in [-0.2, 0) is 11.3 Å². The molecule has 1 aliphatic carbocycles. The minimum atomic E-state index is 0.134. The molecule has 1 aromatic heterocycles. The molecule has 1 heterocycles. The summed E-state index contributed by atoms with van der Waals surface area (Å²) < 4.78 is 0. The number of pyridine rings is 1. The summed E-state index contributed by atoms with van der Waals surface area (Å²) in [7, 11) is 1.84. The van der Waals surface area contributed by atoms with E-state index in [0.717, 1.165) is 11.4 Å². The predicted octanol–water partition coefficient (Wildman–Crippen LogP) is 1.88. The van der Waals surface area contributed by atoms with Gasteiger partial charge in [0.05, 0.1) is 18.8 Å². The van der Waals surface area contributed by atoms with Gasteiger partial charge in [0.2, 0.25) is 5.91 Å². The molecule has 0 aliphatic heterocycles. The Morgan fingerprint density at radius 2 is 2.16 bits per heavy atom. The number of hydrogen-bond acceptors (Lipinski definition) is 3. The molecule has 0 radical (unpaired) electrons. The summed E-state index contributed by atoms with van der Waals surface area (Å²) in [6.45, 7) is 2.98. The van der Waals surface area contributed by atoms with Crippen molar-refractivity contribution in [2.45, 2.75) is 45.2 Å². The Hall–Kier alpha value is -1.42. The van der Waals surface area contributed by atoms with Gasteiger partial charge < -0.3 is 10.2 Å². The van der Waals surface area contributed by atoms with E-state index in [2.05, 4.69) is 10.3 Å². The van der Waals surface area contributed by atoms with Crippen LogP contribution in [0, 0.1) is 6.92 Å². The van der Waals surface area contributed by atoms with Crippen LogP contribution in [0.1, 0.15) is 37.1 Å². The van der Waals surface area contributed by atoms with Gasteiger partial charge in [0.15, 0.2) is 0 Å². The van der Waals surface area contributed by atoms with E-state index in [4.69, 9.17) is 0 Å². The lowest BCUT2D eigenvalue weighted by Gasteiger charge is -2.19. The Morgan fingerprint density at radius 1 is 1.42 bits per heavy atom. The van der Waals surface area contributed by atoms with E-state index in [9.17, 15) is 4.79 Å². The Labute approximate surface area is 115 Å². The van der Waals surface area contributed by atoms with Gasteiger partial charge in [-0.25, -0.2) is 0 Å². The quantitative estimate of drug-likeness (QED) is 0.880. The number of carbonyl (C=O) groups is 1. The number of aryl methyl sites for hydroxylation is 1. The molecule has 0 bridgehead atoms. The van der Waals surface area contributed by atoms with Crippen molar-refractivity contribution in [1.82, 2.24) is 15.2 Å². The van der Waals surface area contributed by atoms with Crippen LogP contribution < -0.4 is 5.32 Å². The van der Waals surface area contributed by atoms with Crippen LogP contribution in [0.5, 0.6) is 0 Å². The second kappa shape index (κ2) is 6.66. The van der Waals surface area contributed by atoms with Gasteiger partial charge in [0, 0.05) is 18.8 Å². The molecule has 0 atom stereocenters. The number of hydrogen-bond donors (Lipinski definition) is 1. The van der Waals surface area contributed by atoms with Crippen molar-refractivity contribution in [1.29, 1.82) is 0 Å². The molecule has 0 saturated heterocycles. The largest absolute Gasteiger partial charge is 0.339 e. The summed E-state index contributed by atoms with van der Waals surface area (Å²) in [6, 6.07) is 6.44. The predicted molar refractivity (Wildman–Crippen MR) is 75.7 cm³/mol. The molecule has 1 saturated carbocycles. The zero-order valence-corrected chi connectivity index (χ0v) is 11.9. The number of amides is 1. The van der Waals surface area contributed by atoms with Crippen molar-refractivity contribution in [3.63, 3.8) is 0 Å². The molecule has 1 amide bonds. The molecule has 0 unspecified atom stereocenters. The van der Waals surface area contributed by atoms with Gasteiger partial charge in [0.25, 0.3) is 0 Å². The maximum Gasteiger partial charge on any atom is 0.236 e. The van der Waals surface area contributed by atoms with E-state index < -0.39 is 0 Å². The average molecular weight is 261 g/mol.